The van der Waals surface area contributed by atoms with Gasteiger partial charge in [-0.15, -0.1) is 0 Å². The maximum absolute atomic E-state index is 5.47. The zero-order valence-corrected chi connectivity index (χ0v) is 11.2. The quantitative estimate of drug-likeness (QED) is 0.869. The first kappa shape index (κ1) is 12.5. The summed E-state index contributed by atoms with van der Waals surface area (Å²) in [4.78, 5) is 0. The molecule has 0 fully saturated rings. The van der Waals surface area contributed by atoms with Gasteiger partial charge < -0.3 is 10.1 Å². The van der Waals surface area contributed by atoms with Gasteiger partial charge in [0, 0.05) is 18.7 Å². The number of rotatable bonds is 4. The number of hydrogen-bond donors (Lipinski definition) is 2. The molecule has 2 rings (SSSR count). The molecule has 0 spiro atoms. The molecular formula is C14H19N3O. The Morgan fingerprint density at radius 1 is 1.28 bits per heavy atom. The van der Waals surface area contributed by atoms with Crippen LogP contribution in [0.3, 0.4) is 0 Å². The molecule has 18 heavy (non-hydrogen) atoms. The zero-order valence-electron chi connectivity index (χ0n) is 11.2. The Morgan fingerprint density at radius 2 is 2.06 bits per heavy atom. The monoisotopic (exact) mass is 245 g/mol. The summed E-state index contributed by atoms with van der Waals surface area (Å²) in [5.41, 5.74) is 3.24. The number of ether oxygens (including phenoxy) is 1. The van der Waals surface area contributed by atoms with Gasteiger partial charge in [-0.1, -0.05) is 19.9 Å². The third-order valence-corrected chi connectivity index (χ3v) is 3.02. The minimum atomic E-state index is 0.489. The second kappa shape index (κ2) is 5.12. The summed E-state index contributed by atoms with van der Waals surface area (Å²) < 4.78 is 5.47. The second-order valence-electron chi connectivity index (χ2n) is 4.53. The van der Waals surface area contributed by atoms with Crippen molar-refractivity contribution in [2.45, 2.75) is 19.8 Å². The summed E-state index contributed by atoms with van der Waals surface area (Å²) in [5, 5.41) is 10.2. The Morgan fingerprint density at radius 3 is 2.61 bits per heavy atom. The average molecular weight is 245 g/mol. The largest absolute Gasteiger partial charge is 0.496 e. The van der Waals surface area contributed by atoms with Crippen LogP contribution in [0.4, 0.5) is 5.82 Å². The van der Waals surface area contributed by atoms with E-state index in [2.05, 4.69) is 47.6 Å². The second-order valence-corrected chi connectivity index (χ2v) is 4.53. The molecule has 0 radical (unpaired) electrons. The molecule has 0 amide bonds. The normalized spacial score (nSPS) is 10.7. The highest BCUT2D eigenvalue weighted by Crippen LogP contribution is 2.32. The van der Waals surface area contributed by atoms with Crippen molar-refractivity contribution in [2.24, 2.45) is 0 Å². The van der Waals surface area contributed by atoms with E-state index in [0.29, 0.717) is 5.92 Å². The first-order chi connectivity index (χ1) is 8.65. The molecule has 0 aliphatic heterocycles. The van der Waals surface area contributed by atoms with Gasteiger partial charge in [-0.25, -0.2) is 0 Å². The van der Waals surface area contributed by atoms with Gasteiger partial charge in [0.05, 0.1) is 12.8 Å². The molecule has 2 aromatic rings. The van der Waals surface area contributed by atoms with Gasteiger partial charge >= 0.3 is 0 Å². The zero-order chi connectivity index (χ0) is 13.1. The third-order valence-electron chi connectivity index (χ3n) is 3.02. The summed E-state index contributed by atoms with van der Waals surface area (Å²) >= 11 is 0. The van der Waals surface area contributed by atoms with Crippen molar-refractivity contribution in [3.63, 3.8) is 0 Å². The van der Waals surface area contributed by atoms with Gasteiger partial charge in [0.1, 0.15) is 11.6 Å². The Bertz CT molecular complexity index is 532. The Kier molecular flexibility index (Phi) is 3.55. The van der Waals surface area contributed by atoms with Gasteiger partial charge in [-0.3, -0.25) is 5.10 Å². The molecule has 2 N–H and O–H groups in total. The highest BCUT2D eigenvalue weighted by molar-refractivity contribution is 5.70. The molecule has 1 aromatic heterocycles. The van der Waals surface area contributed by atoms with E-state index in [1.807, 2.05) is 13.1 Å². The van der Waals surface area contributed by atoms with Crippen LogP contribution in [-0.4, -0.2) is 24.4 Å². The lowest BCUT2D eigenvalue weighted by molar-refractivity contribution is 0.415. The van der Waals surface area contributed by atoms with E-state index < -0.39 is 0 Å². The molecule has 4 heteroatoms. The summed E-state index contributed by atoms with van der Waals surface area (Å²) in [6, 6.07) is 8.25. The Labute approximate surface area is 107 Å². The molecule has 4 nitrogen and oxygen atoms in total. The lowest BCUT2D eigenvalue weighted by Crippen LogP contribution is -1.93. The summed E-state index contributed by atoms with van der Waals surface area (Å²) in [7, 11) is 3.54. The number of hydrogen-bond acceptors (Lipinski definition) is 3. The number of nitrogens with one attached hydrogen (secondary N) is 2. The fourth-order valence-electron chi connectivity index (χ4n) is 1.88. The van der Waals surface area contributed by atoms with Crippen molar-refractivity contribution >= 4 is 5.82 Å². The molecule has 0 unspecified atom stereocenters. The number of aromatic nitrogens is 2. The van der Waals surface area contributed by atoms with Gasteiger partial charge in [-0.2, -0.15) is 5.10 Å². The van der Waals surface area contributed by atoms with Crippen LogP contribution < -0.4 is 10.1 Å². The van der Waals surface area contributed by atoms with Crippen molar-refractivity contribution in [2.75, 3.05) is 19.5 Å². The molecule has 1 aromatic carbocycles. The summed E-state index contributed by atoms with van der Waals surface area (Å²) in [5.74, 6) is 2.18. The first-order valence-electron chi connectivity index (χ1n) is 6.07. The molecule has 96 valence electrons. The fraction of sp³-hybridized carbons (Fsp3) is 0.357. The SMILES string of the molecule is CNc1cc(-c2ccc(C(C)C)cc2OC)[nH]n1. The van der Waals surface area contributed by atoms with E-state index in [1.165, 1.54) is 5.56 Å². The number of nitrogens with zero attached hydrogens (tertiary/aromatic N) is 1. The maximum atomic E-state index is 5.47. The van der Waals surface area contributed by atoms with Crippen LogP contribution in [0.2, 0.25) is 0 Å². The van der Waals surface area contributed by atoms with E-state index in [1.54, 1.807) is 7.11 Å². The highest BCUT2D eigenvalue weighted by Gasteiger charge is 2.11. The molecule has 0 atom stereocenters. The predicted octanol–water partition coefficient (Wildman–Crippen LogP) is 3.25. The van der Waals surface area contributed by atoms with Crippen molar-refractivity contribution in [3.8, 4) is 17.0 Å². The van der Waals surface area contributed by atoms with Crippen LogP contribution in [0.15, 0.2) is 24.3 Å². The average Bonchev–Trinajstić information content (AvgIpc) is 2.86. The fourth-order valence-corrected chi connectivity index (χ4v) is 1.88. The number of anilines is 1. The lowest BCUT2D eigenvalue weighted by atomic mass is 10.00. The first-order valence-corrected chi connectivity index (χ1v) is 6.07. The number of aromatic amines is 1. The standard InChI is InChI=1S/C14H19N3O/c1-9(2)10-5-6-11(13(7-10)18-4)12-8-14(15-3)17-16-12/h5-9H,1-4H3,(H2,15,16,17). The number of H-pyrrole nitrogens is 1. The topological polar surface area (TPSA) is 49.9 Å². The smallest absolute Gasteiger partial charge is 0.148 e. The minimum Gasteiger partial charge on any atom is -0.496 e. The summed E-state index contributed by atoms with van der Waals surface area (Å²) in [6.45, 7) is 4.34. The molecule has 0 aliphatic rings. The number of benzene rings is 1. The van der Waals surface area contributed by atoms with Crippen molar-refractivity contribution in [1.29, 1.82) is 0 Å². The maximum Gasteiger partial charge on any atom is 0.148 e. The molecular weight excluding hydrogens is 226 g/mol. The highest BCUT2D eigenvalue weighted by atomic mass is 16.5. The van der Waals surface area contributed by atoms with Crippen LogP contribution in [-0.2, 0) is 0 Å². The molecule has 0 bridgehead atoms. The van der Waals surface area contributed by atoms with Crippen LogP contribution >= 0.6 is 0 Å². The van der Waals surface area contributed by atoms with Gasteiger partial charge in [0.15, 0.2) is 0 Å². The molecule has 0 saturated heterocycles. The van der Waals surface area contributed by atoms with Gasteiger partial charge in [0.2, 0.25) is 0 Å². The van der Waals surface area contributed by atoms with Crippen LogP contribution in [0.5, 0.6) is 5.75 Å². The van der Waals surface area contributed by atoms with E-state index in [9.17, 15) is 0 Å². The van der Waals surface area contributed by atoms with E-state index in [0.717, 1.165) is 22.8 Å². The van der Waals surface area contributed by atoms with E-state index in [4.69, 9.17) is 4.74 Å². The van der Waals surface area contributed by atoms with Crippen molar-refractivity contribution in [1.82, 2.24) is 10.2 Å². The van der Waals surface area contributed by atoms with Crippen molar-refractivity contribution in [3.05, 3.63) is 29.8 Å². The van der Waals surface area contributed by atoms with Crippen LogP contribution in [0, 0.1) is 0 Å². The molecule has 0 aliphatic carbocycles. The van der Waals surface area contributed by atoms with Crippen LogP contribution in [0.1, 0.15) is 25.3 Å². The summed E-state index contributed by atoms with van der Waals surface area (Å²) in [6.07, 6.45) is 0. The van der Waals surface area contributed by atoms with E-state index in [-0.39, 0.29) is 0 Å². The lowest BCUT2D eigenvalue weighted by Gasteiger charge is -2.11. The molecule has 1 heterocycles. The van der Waals surface area contributed by atoms with Gasteiger partial charge in [-0.05, 0) is 23.6 Å². The Balaban J connectivity index is 2.44. The number of methoxy groups -OCH3 is 1. The third kappa shape index (κ3) is 2.32. The van der Waals surface area contributed by atoms with Crippen LogP contribution in [0.25, 0.3) is 11.3 Å². The predicted molar refractivity (Wildman–Crippen MR) is 74.2 cm³/mol. The molecule has 0 saturated carbocycles. The van der Waals surface area contributed by atoms with E-state index >= 15 is 0 Å². The van der Waals surface area contributed by atoms with Gasteiger partial charge in [0.25, 0.3) is 0 Å². The Hall–Kier alpha value is -1.97. The van der Waals surface area contributed by atoms with Crippen molar-refractivity contribution < 1.29 is 4.74 Å². The minimum absolute atomic E-state index is 0.489.